The van der Waals surface area contributed by atoms with E-state index in [4.69, 9.17) is 5.73 Å². The molecule has 0 spiro atoms. The third-order valence-electron chi connectivity index (χ3n) is 1.13. The van der Waals surface area contributed by atoms with Crippen LogP contribution in [0.2, 0.25) is 0 Å². The smallest absolute Gasteiger partial charge is 0.248 e. The largest absolute Gasteiger partial charge is 0.366 e. The Morgan fingerprint density at radius 3 is 2.09 bits per heavy atom. The van der Waals surface area contributed by atoms with Gasteiger partial charge in [-0.15, -0.1) is 12.4 Å². The van der Waals surface area contributed by atoms with Gasteiger partial charge in [0.1, 0.15) is 5.82 Å². The van der Waals surface area contributed by atoms with Crippen LogP contribution in [0.4, 0.5) is 4.39 Å². The van der Waals surface area contributed by atoms with Crippen molar-refractivity contribution in [3.63, 3.8) is 0 Å². The Morgan fingerprint density at radius 2 is 1.73 bits per heavy atom. The molecule has 0 aliphatic heterocycles. The molecule has 2 N–H and O–H groups in total. The fraction of sp³-hybridized carbons (Fsp3) is 0. The first-order valence-corrected chi connectivity index (χ1v) is 2.75. The molecule has 1 amide bonds. The number of rotatable bonds is 1. The lowest BCUT2D eigenvalue weighted by Gasteiger charge is -1.91. The lowest BCUT2D eigenvalue weighted by molar-refractivity contribution is 0.100. The average Bonchev–Trinajstić information content (AvgIpc) is 1.88. The molecule has 0 bridgehead atoms. The quantitative estimate of drug-likeness (QED) is 0.688. The number of hydrogen-bond acceptors (Lipinski definition) is 1. The molecule has 0 radical (unpaired) electrons. The van der Waals surface area contributed by atoms with Crippen LogP contribution in [0.3, 0.4) is 0 Å². The van der Waals surface area contributed by atoms with Crippen molar-refractivity contribution in [2.45, 2.75) is 0 Å². The zero-order valence-corrected chi connectivity index (χ0v) is 6.40. The predicted molar refractivity (Wildman–Crippen MR) is 42.2 cm³/mol. The summed E-state index contributed by atoms with van der Waals surface area (Å²) in [7, 11) is 0. The topological polar surface area (TPSA) is 43.1 Å². The number of carbonyl (C=O) groups is 1. The third kappa shape index (κ3) is 2.55. The summed E-state index contributed by atoms with van der Waals surface area (Å²) in [5, 5.41) is 0. The molecule has 1 aromatic carbocycles. The normalized spacial score (nSPS) is 8.45. The van der Waals surface area contributed by atoms with E-state index in [1.54, 1.807) is 0 Å². The van der Waals surface area contributed by atoms with Crippen LogP contribution in [0, 0.1) is 5.82 Å². The molecule has 60 valence electrons. The van der Waals surface area contributed by atoms with E-state index in [0.29, 0.717) is 5.56 Å². The fourth-order valence-electron chi connectivity index (χ4n) is 0.614. The highest BCUT2D eigenvalue weighted by Gasteiger charge is 1.97. The van der Waals surface area contributed by atoms with Crippen LogP contribution >= 0.6 is 12.4 Å². The van der Waals surface area contributed by atoms with E-state index in [1.165, 1.54) is 24.3 Å². The van der Waals surface area contributed by atoms with Gasteiger partial charge in [-0.25, -0.2) is 4.39 Å². The van der Waals surface area contributed by atoms with Gasteiger partial charge in [0.15, 0.2) is 0 Å². The van der Waals surface area contributed by atoms with Gasteiger partial charge in [0.05, 0.1) is 0 Å². The maximum atomic E-state index is 12.2. The first-order chi connectivity index (χ1) is 4.70. The highest BCUT2D eigenvalue weighted by Crippen LogP contribution is 2.00. The summed E-state index contributed by atoms with van der Waals surface area (Å²) >= 11 is 0. The lowest BCUT2D eigenvalue weighted by atomic mass is 10.2. The number of halogens is 2. The minimum atomic E-state index is -0.542. The molecule has 0 aliphatic carbocycles. The summed E-state index contributed by atoms with van der Waals surface area (Å²) in [6.07, 6.45) is 0. The fourth-order valence-corrected chi connectivity index (χ4v) is 0.614. The summed E-state index contributed by atoms with van der Waals surface area (Å²) in [6.45, 7) is 0. The van der Waals surface area contributed by atoms with Crippen LogP contribution in [-0.2, 0) is 0 Å². The number of benzene rings is 1. The molecule has 0 atom stereocenters. The second-order valence-electron chi connectivity index (χ2n) is 1.87. The maximum Gasteiger partial charge on any atom is 0.248 e. The van der Waals surface area contributed by atoms with Crippen molar-refractivity contribution < 1.29 is 9.18 Å². The van der Waals surface area contributed by atoms with E-state index in [1.807, 2.05) is 0 Å². The highest BCUT2D eigenvalue weighted by molar-refractivity contribution is 5.92. The Balaban J connectivity index is 0.000001000. The third-order valence-corrected chi connectivity index (χ3v) is 1.13. The minimum absolute atomic E-state index is 0. The number of amides is 1. The first kappa shape index (κ1) is 9.91. The Bertz CT molecular complexity index is 247. The Hall–Kier alpha value is -1.09. The van der Waals surface area contributed by atoms with Gasteiger partial charge in [-0.1, -0.05) is 0 Å². The SMILES string of the molecule is Cl.NC(=O)c1ccc(F)cc1. The van der Waals surface area contributed by atoms with E-state index < -0.39 is 5.91 Å². The molecule has 11 heavy (non-hydrogen) atoms. The molecule has 0 fully saturated rings. The van der Waals surface area contributed by atoms with Crippen molar-refractivity contribution in [2.75, 3.05) is 0 Å². The number of carbonyl (C=O) groups excluding carboxylic acids is 1. The van der Waals surface area contributed by atoms with Gasteiger partial charge in [0.25, 0.3) is 0 Å². The number of hydrogen-bond donors (Lipinski definition) is 1. The lowest BCUT2D eigenvalue weighted by Crippen LogP contribution is -2.10. The molecule has 1 aromatic rings. The van der Waals surface area contributed by atoms with Crippen molar-refractivity contribution >= 4 is 18.3 Å². The van der Waals surface area contributed by atoms with E-state index in [-0.39, 0.29) is 18.2 Å². The summed E-state index contributed by atoms with van der Waals surface area (Å²) in [6, 6.07) is 5.08. The number of primary amides is 1. The molecule has 0 saturated heterocycles. The summed E-state index contributed by atoms with van der Waals surface area (Å²) in [5.74, 6) is -0.912. The van der Waals surface area contributed by atoms with Gasteiger partial charge >= 0.3 is 0 Å². The minimum Gasteiger partial charge on any atom is -0.366 e. The molecular weight excluding hydrogens is 169 g/mol. The van der Waals surface area contributed by atoms with Crippen LogP contribution in [0.5, 0.6) is 0 Å². The average molecular weight is 176 g/mol. The second-order valence-corrected chi connectivity index (χ2v) is 1.87. The molecule has 0 aliphatic rings. The van der Waals surface area contributed by atoms with Crippen molar-refractivity contribution in [3.8, 4) is 0 Å². The zero-order valence-electron chi connectivity index (χ0n) is 5.58. The molecule has 2 nitrogen and oxygen atoms in total. The molecule has 0 aromatic heterocycles. The molecule has 0 unspecified atom stereocenters. The van der Waals surface area contributed by atoms with E-state index in [2.05, 4.69) is 0 Å². The molecule has 1 rings (SSSR count). The monoisotopic (exact) mass is 175 g/mol. The summed E-state index contributed by atoms with van der Waals surface area (Å²) in [4.78, 5) is 10.4. The Labute approximate surface area is 69.6 Å². The standard InChI is InChI=1S/C7H6FNO.ClH/c8-6-3-1-5(2-4-6)7(9)10;/h1-4H,(H2,9,10);1H. The van der Waals surface area contributed by atoms with Crippen LogP contribution < -0.4 is 5.73 Å². The van der Waals surface area contributed by atoms with Gasteiger partial charge in [0.2, 0.25) is 5.91 Å². The Morgan fingerprint density at radius 1 is 1.27 bits per heavy atom. The van der Waals surface area contributed by atoms with Crippen LogP contribution in [0.25, 0.3) is 0 Å². The zero-order chi connectivity index (χ0) is 7.56. The van der Waals surface area contributed by atoms with Gasteiger partial charge in [-0.05, 0) is 24.3 Å². The number of nitrogens with two attached hydrogens (primary N) is 1. The van der Waals surface area contributed by atoms with Crippen LogP contribution in [0.1, 0.15) is 10.4 Å². The molecule has 0 saturated carbocycles. The summed E-state index contributed by atoms with van der Waals surface area (Å²) < 4.78 is 12.2. The van der Waals surface area contributed by atoms with E-state index >= 15 is 0 Å². The van der Waals surface area contributed by atoms with Gasteiger partial charge in [0, 0.05) is 5.56 Å². The molecule has 0 heterocycles. The van der Waals surface area contributed by atoms with Gasteiger partial charge in [-0.3, -0.25) is 4.79 Å². The van der Waals surface area contributed by atoms with Crippen LogP contribution in [-0.4, -0.2) is 5.91 Å². The second kappa shape index (κ2) is 3.93. The van der Waals surface area contributed by atoms with E-state index in [0.717, 1.165) is 0 Å². The van der Waals surface area contributed by atoms with Crippen molar-refractivity contribution in [3.05, 3.63) is 35.6 Å². The van der Waals surface area contributed by atoms with Gasteiger partial charge in [-0.2, -0.15) is 0 Å². The Kier molecular flexibility index (Phi) is 3.54. The van der Waals surface area contributed by atoms with Crippen LogP contribution in [0.15, 0.2) is 24.3 Å². The van der Waals surface area contributed by atoms with Crippen molar-refractivity contribution in [1.29, 1.82) is 0 Å². The van der Waals surface area contributed by atoms with Crippen molar-refractivity contribution in [1.82, 2.24) is 0 Å². The molecule has 4 heteroatoms. The first-order valence-electron chi connectivity index (χ1n) is 2.75. The predicted octanol–water partition coefficient (Wildman–Crippen LogP) is 1.35. The van der Waals surface area contributed by atoms with E-state index in [9.17, 15) is 9.18 Å². The maximum absolute atomic E-state index is 12.2. The molecular formula is C7H7ClFNO. The van der Waals surface area contributed by atoms with Gasteiger partial charge < -0.3 is 5.73 Å². The highest BCUT2D eigenvalue weighted by atomic mass is 35.5. The summed E-state index contributed by atoms with van der Waals surface area (Å²) in [5.41, 5.74) is 5.22. The van der Waals surface area contributed by atoms with Crippen molar-refractivity contribution in [2.24, 2.45) is 5.73 Å².